The van der Waals surface area contributed by atoms with Crippen molar-refractivity contribution < 1.29 is 14.7 Å². The van der Waals surface area contributed by atoms with Crippen molar-refractivity contribution in [2.45, 2.75) is 6.92 Å². The first-order valence-electron chi connectivity index (χ1n) is 6.76. The molecule has 0 aliphatic carbocycles. The van der Waals surface area contributed by atoms with E-state index in [9.17, 15) is 14.7 Å². The summed E-state index contributed by atoms with van der Waals surface area (Å²) in [7, 11) is 0. The number of anilines is 1. The summed E-state index contributed by atoms with van der Waals surface area (Å²) in [6.45, 7) is 1.82. The summed E-state index contributed by atoms with van der Waals surface area (Å²) in [6, 6.07) is 9.23. The first-order chi connectivity index (χ1) is 11.4. The second kappa shape index (κ2) is 7.81. The number of aromatic hydroxyl groups is 1. The van der Waals surface area contributed by atoms with Crippen LogP contribution in [0.2, 0.25) is 10.0 Å². The Hall–Kier alpha value is -2.57. The van der Waals surface area contributed by atoms with Gasteiger partial charge in [0.1, 0.15) is 5.75 Å². The number of carbonyl (C=O) groups is 2. The molecule has 124 valence electrons. The SMILES string of the molecule is Cc1ccc(NC(=O)C(=O)N/N=C/c2cc(Cl)ccc2O)cc1Cl. The van der Waals surface area contributed by atoms with Gasteiger partial charge in [-0.05, 0) is 42.8 Å². The van der Waals surface area contributed by atoms with Crippen LogP contribution < -0.4 is 10.7 Å². The predicted molar refractivity (Wildman–Crippen MR) is 93.7 cm³/mol. The van der Waals surface area contributed by atoms with Crippen molar-refractivity contribution >= 4 is 46.9 Å². The van der Waals surface area contributed by atoms with E-state index < -0.39 is 11.8 Å². The highest BCUT2D eigenvalue weighted by Gasteiger charge is 2.13. The Bertz CT molecular complexity index is 822. The Morgan fingerprint density at radius 2 is 1.88 bits per heavy atom. The lowest BCUT2D eigenvalue weighted by atomic mass is 10.2. The Balaban J connectivity index is 1.96. The van der Waals surface area contributed by atoms with E-state index >= 15 is 0 Å². The fourth-order valence-electron chi connectivity index (χ4n) is 1.70. The molecule has 0 aliphatic rings. The molecule has 8 heteroatoms. The Morgan fingerprint density at radius 3 is 2.58 bits per heavy atom. The maximum Gasteiger partial charge on any atom is 0.329 e. The quantitative estimate of drug-likeness (QED) is 0.443. The molecule has 0 aliphatic heterocycles. The Kier molecular flexibility index (Phi) is 5.78. The summed E-state index contributed by atoms with van der Waals surface area (Å²) in [5, 5.41) is 16.5. The minimum atomic E-state index is -0.968. The third-order valence-electron chi connectivity index (χ3n) is 3.00. The number of hydrogen-bond donors (Lipinski definition) is 3. The number of benzene rings is 2. The van der Waals surface area contributed by atoms with Gasteiger partial charge in [0.2, 0.25) is 0 Å². The largest absolute Gasteiger partial charge is 0.507 e. The maximum atomic E-state index is 11.8. The average Bonchev–Trinajstić information content (AvgIpc) is 2.54. The van der Waals surface area contributed by atoms with Gasteiger partial charge in [0.15, 0.2) is 0 Å². The summed E-state index contributed by atoms with van der Waals surface area (Å²) < 4.78 is 0. The van der Waals surface area contributed by atoms with E-state index in [-0.39, 0.29) is 5.75 Å². The number of nitrogens with one attached hydrogen (secondary N) is 2. The van der Waals surface area contributed by atoms with Crippen LogP contribution in [-0.4, -0.2) is 23.1 Å². The first-order valence-corrected chi connectivity index (χ1v) is 7.51. The lowest BCUT2D eigenvalue weighted by Crippen LogP contribution is -2.32. The van der Waals surface area contributed by atoms with Crippen LogP contribution in [0.1, 0.15) is 11.1 Å². The Labute approximate surface area is 148 Å². The fourth-order valence-corrected chi connectivity index (χ4v) is 2.06. The number of rotatable bonds is 3. The van der Waals surface area contributed by atoms with Crippen LogP contribution >= 0.6 is 23.2 Å². The molecule has 2 rings (SSSR count). The van der Waals surface area contributed by atoms with Crippen molar-refractivity contribution in [2.75, 3.05) is 5.32 Å². The maximum absolute atomic E-state index is 11.8. The summed E-state index contributed by atoms with van der Waals surface area (Å²) in [4.78, 5) is 23.4. The number of aryl methyl sites for hydroxylation is 1. The number of phenols is 1. The molecule has 0 bridgehead atoms. The van der Waals surface area contributed by atoms with Crippen molar-refractivity contribution in [3.8, 4) is 5.75 Å². The zero-order valence-electron chi connectivity index (χ0n) is 12.5. The molecule has 3 N–H and O–H groups in total. The van der Waals surface area contributed by atoms with Crippen molar-refractivity contribution in [3.05, 3.63) is 57.6 Å². The van der Waals surface area contributed by atoms with Crippen molar-refractivity contribution in [1.29, 1.82) is 0 Å². The summed E-state index contributed by atoms with van der Waals surface area (Å²) in [5.74, 6) is -1.93. The summed E-state index contributed by atoms with van der Waals surface area (Å²) in [6.07, 6.45) is 1.18. The number of hydrogen-bond acceptors (Lipinski definition) is 4. The van der Waals surface area contributed by atoms with Gasteiger partial charge in [0.05, 0.1) is 6.21 Å². The molecule has 0 heterocycles. The predicted octanol–water partition coefficient (Wildman–Crippen LogP) is 3.10. The highest BCUT2D eigenvalue weighted by Crippen LogP contribution is 2.20. The molecule has 0 atom stereocenters. The van der Waals surface area contributed by atoms with E-state index in [1.165, 1.54) is 30.5 Å². The summed E-state index contributed by atoms with van der Waals surface area (Å²) >= 11 is 11.7. The van der Waals surface area contributed by atoms with Crippen LogP contribution in [0.15, 0.2) is 41.5 Å². The molecule has 0 spiro atoms. The number of hydrazone groups is 1. The van der Waals surface area contributed by atoms with Gasteiger partial charge in [-0.3, -0.25) is 9.59 Å². The van der Waals surface area contributed by atoms with E-state index in [4.69, 9.17) is 23.2 Å². The van der Waals surface area contributed by atoms with E-state index in [2.05, 4.69) is 15.8 Å². The zero-order chi connectivity index (χ0) is 17.7. The minimum absolute atomic E-state index is 0.0591. The molecule has 2 aromatic carbocycles. The molecule has 0 saturated heterocycles. The molecule has 2 amide bonds. The van der Waals surface area contributed by atoms with E-state index in [1.807, 2.05) is 6.92 Å². The van der Waals surface area contributed by atoms with E-state index in [1.54, 1.807) is 12.1 Å². The topological polar surface area (TPSA) is 90.8 Å². The smallest absolute Gasteiger partial charge is 0.329 e. The third-order valence-corrected chi connectivity index (χ3v) is 3.64. The fraction of sp³-hybridized carbons (Fsp3) is 0.0625. The van der Waals surface area contributed by atoms with Gasteiger partial charge < -0.3 is 10.4 Å². The van der Waals surface area contributed by atoms with Crippen LogP contribution in [0.5, 0.6) is 5.75 Å². The second-order valence-corrected chi connectivity index (χ2v) is 5.66. The molecule has 0 aromatic heterocycles. The van der Waals surface area contributed by atoms with Crippen LogP contribution in [0.3, 0.4) is 0 Å². The molecular formula is C16H13Cl2N3O3. The number of carbonyl (C=O) groups excluding carboxylic acids is 2. The molecule has 24 heavy (non-hydrogen) atoms. The van der Waals surface area contributed by atoms with Crippen LogP contribution in [-0.2, 0) is 9.59 Å². The molecular weight excluding hydrogens is 353 g/mol. The van der Waals surface area contributed by atoms with Crippen LogP contribution in [0, 0.1) is 6.92 Å². The lowest BCUT2D eigenvalue weighted by Gasteiger charge is -2.05. The molecule has 0 unspecified atom stereocenters. The standard InChI is InChI=1S/C16H13Cl2N3O3/c1-9-2-4-12(7-13(9)18)20-15(23)16(24)21-19-8-10-6-11(17)3-5-14(10)22/h2-8,22H,1H3,(H,20,23)(H,21,24)/b19-8+. The van der Waals surface area contributed by atoms with Gasteiger partial charge >= 0.3 is 11.8 Å². The number of phenolic OH excluding ortho intramolecular Hbond substituents is 1. The average molecular weight is 366 g/mol. The Morgan fingerprint density at radius 1 is 1.12 bits per heavy atom. The van der Waals surface area contributed by atoms with Gasteiger partial charge in [0, 0.05) is 21.3 Å². The third kappa shape index (κ3) is 4.71. The van der Waals surface area contributed by atoms with Gasteiger partial charge in [0.25, 0.3) is 0 Å². The molecule has 0 saturated carbocycles. The van der Waals surface area contributed by atoms with Crippen molar-refractivity contribution in [2.24, 2.45) is 5.10 Å². The van der Waals surface area contributed by atoms with Gasteiger partial charge in [-0.25, -0.2) is 5.43 Å². The van der Waals surface area contributed by atoms with Crippen LogP contribution in [0.25, 0.3) is 0 Å². The number of amides is 2. The van der Waals surface area contributed by atoms with Gasteiger partial charge in [-0.1, -0.05) is 29.3 Å². The van der Waals surface area contributed by atoms with Crippen molar-refractivity contribution in [3.63, 3.8) is 0 Å². The lowest BCUT2D eigenvalue weighted by molar-refractivity contribution is -0.136. The molecule has 0 fully saturated rings. The minimum Gasteiger partial charge on any atom is -0.507 e. The van der Waals surface area contributed by atoms with Gasteiger partial charge in [-0.15, -0.1) is 0 Å². The van der Waals surface area contributed by atoms with E-state index in [0.717, 1.165) is 5.56 Å². The molecule has 0 radical (unpaired) electrons. The number of halogens is 2. The first kappa shape index (κ1) is 17.8. The van der Waals surface area contributed by atoms with Gasteiger partial charge in [-0.2, -0.15) is 5.10 Å². The summed E-state index contributed by atoms with van der Waals surface area (Å²) in [5.41, 5.74) is 3.60. The molecule has 2 aromatic rings. The normalized spacial score (nSPS) is 10.6. The molecule has 6 nitrogen and oxygen atoms in total. The van der Waals surface area contributed by atoms with Crippen LogP contribution in [0.4, 0.5) is 5.69 Å². The van der Waals surface area contributed by atoms with E-state index in [0.29, 0.717) is 21.3 Å². The number of nitrogens with zero attached hydrogens (tertiary/aromatic N) is 1. The highest BCUT2D eigenvalue weighted by atomic mass is 35.5. The zero-order valence-corrected chi connectivity index (χ0v) is 14.0. The monoisotopic (exact) mass is 365 g/mol. The van der Waals surface area contributed by atoms with Crippen molar-refractivity contribution in [1.82, 2.24) is 5.43 Å². The second-order valence-electron chi connectivity index (χ2n) is 4.82. The highest BCUT2D eigenvalue weighted by molar-refractivity contribution is 6.40.